The lowest BCUT2D eigenvalue weighted by Gasteiger charge is -2.06. The third kappa shape index (κ3) is 7.07. The number of fused-ring (bicyclic) bond motifs is 7. The van der Waals surface area contributed by atoms with Crippen molar-refractivity contribution in [3.8, 4) is 0 Å². The van der Waals surface area contributed by atoms with Gasteiger partial charge < -0.3 is 14.0 Å². The third-order valence-corrected chi connectivity index (χ3v) is 8.19. The van der Waals surface area contributed by atoms with Gasteiger partial charge in [0.1, 0.15) is 11.3 Å². The van der Waals surface area contributed by atoms with Crippen LogP contribution in [0, 0.1) is 6.92 Å². The first-order valence-electron chi connectivity index (χ1n) is 16.8. The van der Waals surface area contributed by atoms with E-state index in [0.717, 1.165) is 17.8 Å². The van der Waals surface area contributed by atoms with E-state index in [0.29, 0.717) is 0 Å². The van der Waals surface area contributed by atoms with Crippen molar-refractivity contribution in [1.82, 2.24) is 9.55 Å². The molecule has 0 aliphatic rings. The summed E-state index contributed by atoms with van der Waals surface area (Å²) in [6.07, 6.45) is 4.92. The summed E-state index contributed by atoms with van der Waals surface area (Å²) in [6, 6.07) is 38.8. The Labute approximate surface area is 281 Å². The van der Waals surface area contributed by atoms with Crippen LogP contribution in [0.25, 0.3) is 60.7 Å². The number of rotatable bonds is 3. The van der Waals surface area contributed by atoms with E-state index in [2.05, 4.69) is 122 Å². The normalized spacial score (nSPS) is 10.6. The summed E-state index contributed by atoms with van der Waals surface area (Å²) >= 11 is 0. The molecule has 0 bridgehead atoms. The molecule has 0 spiro atoms. The van der Waals surface area contributed by atoms with Crippen LogP contribution < -0.4 is 0 Å². The van der Waals surface area contributed by atoms with Gasteiger partial charge in [-0.3, -0.25) is 0 Å². The van der Waals surface area contributed by atoms with Crippen LogP contribution in [0.1, 0.15) is 57.1 Å². The fourth-order valence-corrected chi connectivity index (χ4v) is 6.16. The van der Waals surface area contributed by atoms with E-state index >= 15 is 0 Å². The summed E-state index contributed by atoms with van der Waals surface area (Å²) in [6.45, 7) is 13.6. The fourth-order valence-electron chi connectivity index (χ4n) is 6.16. The van der Waals surface area contributed by atoms with E-state index in [1.54, 1.807) is 0 Å². The van der Waals surface area contributed by atoms with Crippen molar-refractivity contribution in [1.29, 1.82) is 0 Å². The molecule has 0 unspecified atom stereocenters. The number of aryl methyl sites for hydroxylation is 2. The Morgan fingerprint density at radius 1 is 0.681 bits per heavy atom. The number of allylic oxidation sites excluding steroid dienone is 1. The van der Waals surface area contributed by atoms with E-state index < -0.39 is 0 Å². The number of furan rings is 1. The van der Waals surface area contributed by atoms with Crippen molar-refractivity contribution in [2.24, 2.45) is 7.05 Å². The Hall–Kier alpha value is -4.96. The second-order valence-corrected chi connectivity index (χ2v) is 10.7. The first-order chi connectivity index (χ1) is 23.1. The van der Waals surface area contributed by atoms with E-state index in [4.69, 9.17) is 4.42 Å². The summed E-state index contributed by atoms with van der Waals surface area (Å²) < 4.78 is 7.96. The highest BCUT2D eigenvalue weighted by molar-refractivity contribution is 6.10. The molecule has 0 saturated carbocycles. The fraction of sp³-hybridized carbons (Fsp3) is 0.209. The molecule has 3 heterocycles. The number of aromatic nitrogens is 2. The van der Waals surface area contributed by atoms with Crippen LogP contribution in [0.4, 0.5) is 0 Å². The molecule has 0 aliphatic heterocycles. The highest BCUT2D eigenvalue weighted by Crippen LogP contribution is 2.33. The van der Waals surface area contributed by atoms with Crippen LogP contribution in [0.3, 0.4) is 0 Å². The first kappa shape index (κ1) is 34.9. The monoisotopic (exact) mass is 618 g/mol. The molecule has 238 valence electrons. The van der Waals surface area contributed by atoms with E-state index in [-0.39, 0.29) is 0 Å². The van der Waals surface area contributed by atoms with E-state index in [1.807, 2.05) is 65.0 Å². The standard InChI is InChI=1S/C26H20N2.C12H12O.2C2H6.CH3B/c1-28-24-11-5-3-9-20(24)26-18(7-6-12-25(26)28)15-17-13-14-23-21(16-17)19-8-2-4-10-22(19)27-23;1-3-6-11-9(2)10-7-4-5-8-12(10)13-11;3*1-2/h2-14,16,27H,15H2,1H3;3-8H,1-2H3;2*1-2H3;1H3/b;6-3-;;;. The zero-order valence-electron chi connectivity index (χ0n) is 29.2. The molecule has 47 heavy (non-hydrogen) atoms. The average Bonchev–Trinajstić information content (AvgIpc) is 3.77. The molecule has 4 heteroatoms. The second kappa shape index (κ2) is 16.6. The summed E-state index contributed by atoms with van der Waals surface area (Å²) in [5.41, 5.74) is 9.90. The van der Waals surface area contributed by atoms with Gasteiger partial charge in [0.05, 0.1) is 7.85 Å². The third-order valence-electron chi connectivity index (χ3n) is 8.19. The molecule has 0 amide bonds. The van der Waals surface area contributed by atoms with Crippen molar-refractivity contribution in [3.05, 3.63) is 138 Å². The number of nitrogens with zero attached hydrogens (tertiary/aromatic N) is 1. The minimum Gasteiger partial charge on any atom is -0.456 e. The Morgan fingerprint density at radius 2 is 1.30 bits per heavy atom. The molecule has 5 aromatic carbocycles. The maximum absolute atomic E-state index is 5.65. The zero-order chi connectivity index (χ0) is 33.9. The van der Waals surface area contributed by atoms with Crippen LogP contribution in [0.2, 0.25) is 6.82 Å². The predicted molar refractivity (Wildman–Crippen MR) is 209 cm³/mol. The van der Waals surface area contributed by atoms with Gasteiger partial charge in [-0.05, 0) is 73.9 Å². The van der Waals surface area contributed by atoms with Gasteiger partial charge in [-0.25, -0.2) is 0 Å². The Morgan fingerprint density at radius 3 is 2.02 bits per heavy atom. The van der Waals surface area contributed by atoms with Gasteiger partial charge in [-0.1, -0.05) is 113 Å². The maximum Gasteiger partial charge on any atom is 0.135 e. The minimum atomic E-state index is 0.931. The van der Waals surface area contributed by atoms with E-state index in [9.17, 15) is 0 Å². The van der Waals surface area contributed by atoms with E-state index in [1.165, 1.54) is 72.5 Å². The van der Waals surface area contributed by atoms with Crippen molar-refractivity contribution >= 4 is 68.5 Å². The summed E-state index contributed by atoms with van der Waals surface area (Å²) in [5, 5.41) is 6.51. The van der Waals surface area contributed by atoms with Gasteiger partial charge in [-0.15, -0.1) is 0 Å². The van der Waals surface area contributed by atoms with Crippen LogP contribution in [0.15, 0.2) is 120 Å². The zero-order valence-corrected chi connectivity index (χ0v) is 29.2. The first-order valence-corrected chi connectivity index (χ1v) is 16.8. The van der Waals surface area contributed by atoms with Crippen molar-refractivity contribution < 1.29 is 4.42 Å². The van der Waals surface area contributed by atoms with Gasteiger partial charge >= 0.3 is 0 Å². The SMILES string of the molecule is C/C=C\c1oc2ccccc2c1C.CC.CC.Cn1c2ccccc2c2c(Cc3ccc4[nH]c5ccccc5c4c3)cccc21.[B]C. The lowest BCUT2D eigenvalue weighted by molar-refractivity contribution is 0.601. The molecule has 8 aromatic rings. The number of hydrogen-bond acceptors (Lipinski definition) is 1. The lowest BCUT2D eigenvalue weighted by Crippen LogP contribution is -1.90. The minimum absolute atomic E-state index is 0.931. The molecular formula is C43H47BN2O. The van der Waals surface area contributed by atoms with Crippen LogP contribution in [-0.4, -0.2) is 17.4 Å². The molecular weight excluding hydrogens is 571 g/mol. The molecule has 8 rings (SSSR count). The molecule has 0 aliphatic carbocycles. The molecule has 3 nitrogen and oxygen atoms in total. The summed E-state index contributed by atoms with van der Waals surface area (Å²) in [7, 11) is 6.66. The Balaban J connectivity index is 0.000000222. The maximum atomic E-state index is 5.65. The molecule has 2 radical (unpaired) electrons. The molecule has 0 atom stereocenters. The smallest absolute Gasteiger partial charge is 0.135 e. The number of nitrogens with one attached hydrogen (secondary N) is 1. The second-order valence-electron chi connectivity index (χ2n) is 10.7. The lowest BCUT2D eigenvalue weighted by atomic mass is 9.98. The van der Waals surface area contributed by atoms with Gasteiger partial charge in [0.2, 0.25) is 0 Å². The van der Waals surface area contributed by atoms with Gasteiger partial charge in [0.25, 0.3) is 0 Å². The molecule has 0 saturated heterocycles. The van der Waals surface area contributed by atoms with Crippen LogP contribution >= 0.6 is 0 Å². The number of hydrogen-bond donors (Lipinski definition) is 1. The van der Waals surface area contributed by atoms with Gasteiger partial charge in [0.15, 0.2) is 0 Å². The Kier molecular flexibility index (Phi) is 12.3. The quantitative estimate of drug-likeness (QED) is 0.196. The topological polar surface area (TPSA) is 33.9 Å². The Bertz CT molecular complexity index is 2230. The average molecular weight is 619 g/mol. The summed E-state index contributed by atoms with van der Waals surface area (Å²) in [4.78, 5) is 3.52. The molecule has 3 aromatic heterocycles. The van der Waals surface area contributed by atoms with Crippen LogP contribution in [0.5, 0.6) is 0 Å². The number of aromatic amines is 1. The number of para-hydroxylation sites is 3. The largest absolute Gasteiger partial charge is 0.456 e. The van der Waals surface area contributed by atoms with Crippen molar-refractivity contribution in [3.63, 3.8) is 0 Å². The van der Waals surface area contributed by atoms with Crippen LogP contribution in [-0.2, 0) is 13.5 Å². The van der Waals surface area contributed by atoms with Gasteiger partial charge in [-0.2, -0.15) is 0 Å². The molecule has 0 fully saturated rings. The van der Waals surface area contributed by atoms with Gasteiger partial charge in [0, 0.05) is 61.6 Å². The number of H-pyrrole nitrogens is 1. The highest BCUT2D eigenvalue weighted by Gasteiger charge is 2.12. The van der Waals surface area contributed by atoms with Crippen molar-refractivity contribution in [2.45, 2.75) is 54.8 Å². The highest BCUT2D eigenvalue weighted by atomic mass is 16.3. The number of benzene rings is 5. The summed E-state index contributed by atoms with van der Waals surface area (Å²) in [5.74, 6) is 0.962. The predicted octanol–water partition coefficient (Wildman–Crippen LogP) is 12.6. The van der Waals surface area contributed by atoms with Crippen molar-refractivity contribution in [2.75, 3.05) is 0 Å². The molecule has 1 N–H and O–H groups in total.